The first kappa shape index (κ1) is 18.2. The number of aliphatic carboxylic acids is 1. The molecule has 0 aliphatic heterocycles. The lowest BCUT2D eigenvalue weighted by atomic mass is 9.63. The van der Waals surface area contributed by atoms with Crippen molar-refractivity contribution in [3.8, 4) is 0 Å². The summed E-state index contributed by atoms with van der Waals surface area (Å²) in [5.41, 5.74) is 1.98. The Kier molecular flexibility index (Phi) is 5.71. The van der Waals surface area contributed by atoms with Crippen LogP contribution in [0, 0.1) is 11.8 Å². The molecule has 2 aromatic rings. The molecule has 0 bridgehead atoms. The Morgan fingerprint density at radius 1 is 0.885 bits per heavy atom. The van der Waals surface area contributed by atoms with Crippen LogP contribution in [0.1, 0.15) is 42.7 Å². The van der Waals surface area contributed by atoms with Crippen molar-refractivity contribution in [1.82, 2.24) is 0 Å². The summed E-state index contributed by atoms with van der Waals surface area (Å²) in [6.07, 6.45) is 1.49. The van der Waals surface area contributed by atoms with E-state index in [1.807, 2.05) is 60.7 Å². The van der Waals surface area contributed by atoms with Crippen LogP contribution in [0.25, 0.3) is 0 Å². The predicted octanol–water partition coefficient (Wildman–Crippen LogP) is 4.23. The molecule has 4 atom stereocenters. The third-order valence-electron chi connectivity index (χ3n) is 5.34. The average molecular weight is 352 g/mol. The molecule has 0 spiro atoms. The first-order valence-corrected chi connectivity index (χ1v) is 9.12. The molecule has 4 heteroatoms. The Morgan fingerprint density at radius 2 is 1.35 bits per heavy atom. The van der Waals surface area contributed by atoms with Crippen molar-refractivity contribution in [3.63, 3.8) is 0 Å². The van der Waals surface area contributed by atoms with Crippen molar-refractivity contribution in [2.24, 2.45) is 11.8 Å². The Bertz CT molecular complexity index is 741. The van der Waals surface area contributed by atoms with Crippen LogP contribution in [0.15, 0.2) is 60.7 Å². The molecular formula is C22H24O4. The number of rotatable bonds is 5. The zero-order valence-electron chi connectivity index (χ0n) is 14.9. The van der Waals surface area contributed by atoms with Crippen LogP contribution in [-0.2, 0) is 14.3 Å². The molecule has 1 saturated carbocycles. The van der Waals surface area contributed by atoms with Crippen LogP contribution in [0.3, 0.4) is 0 Å². The summed E-state index contributed by atoms with van der Waals surface area (Å²) in [6.45, 7) is 2.00. The van der Waals surface area contributed by atoms with Gasteiger partial charge in [-0.25, -0.2) is 0 Å². The second-order valence-corrected chi connectivity index (χ2v) is 6.75. The van der Waals surface area contributed by atoms with E-state index < -0.39 is 23.8 Å². The van der Waals surface area contributed by atoms with Gasteiger partial charge in [0.1, 0.15) is 0 Å². The number of ether oxygens (including phenoxy) is 1. The molecule has 3 rings (SSSR count). The molecule has 0 radical (unpaired) electrons. The van der Waals surface area contributed by atoms with Gasteiger partial charge in [0, 0.05) is 0 Å². The minimum atomic E-state index is -0.933. The van der Waals surface area contributed by atoms with Gasteiger partial charge in [-0.2, -0.15) is 0 Å². The van der Waals surface area contributed by atoms with Crippen LogP contribution in [0.2, 0.25) is 0 Å². The molecule has 1 aliphatic rings. The third kappa shape index (κ3) is 3.64. The number of carbonyl (C=O) groups is 2. The maximum absolute atomic E-state index is 12.8. The fourth-order valence-corrected chi connectivity index (χ4v) is 4.24. The fraction of sp³-hybridized carbons (Fsp3) is 0.364. The highest BCUT2D eigenvalue weighted by Crippen LogP contribution is 2.48. The van der Waals surface area contributed by atoms with Crippen LogP contribution in [0.5, 0.6) is 0 Å². The molecule has 0 saturated heterocycles. The van der Waals surface area contributed by atoms with Crippen molar-refractivity contribution in [3.05, 3.63) is 71.8 Å². The highest BCUT2D eigenvalue weighted by molar-refractivity contribution is 5.83. The van der Waals surface area contributed by atoms with E-state index in [-0.39, 0.29) is 18.4 Å². The molecule has 136 valence electrons. The molecule has 0 amide bonds. The summed E-state index contributed by atoms with van der Waals surface area (Å²) in [7, 11) is 0. The van der Waals surface area contributed by atoms with E-state index >= 15 is 0 Å². The normalized spacial score (nSPS) is 25.4. The van der Waals surface area contributed by atoms with Gasteiger partial charge in [0.25, 0.3) is 0 Å². The summed E-state index contributed by atoms with van der Waals surface area (Å²) in [4.78, 5) is 25.0. The van der Waals surface area contributed by atoms with Gasteiger partial charge < -0.3 is 9.84 Å². The third-order valence-corrected chi connectivity index (χ3v) is 5.34. The lowest BCUT2D eigenvalue weighted by Gasteiger charge is -2.40. The first-order valence-electron chi connectivity index (χ1n) is 9.12. The van der Waals surface area contributed by atoms with Crippen molar-refractivity contribution in [2.75, 3.05) is 6.61 Å². The second kappa shape index (κ2) is 8.17. The van der Waals surface area contributed by atoms with Gasteiger partial charge >= 0.3 is 11.9 Å². The smallest absolute Gasteiger partial charge is 0.310 e. The number of esters is 1. The van der Waals surface area contributed by atoms with E-state index in [2.05, 4.69) is 0 Å². The standard InChI is InChI=1S/C22H24O4/c1-2-26-22(25)20-18(16-11-7-4-8-12-16)14-13-17(19(20)21(23)24)15-9-5-3-6-10-15/h3-12,17-20H,2,13-14H2,1H3,(H,23,24)/t17-,18+,19+,20-/m1/s1. The molecule has 1 aliphatic carbocycles. The number of benzene rings is 2. The first-order chi connectivity index (χ1) is 12.6. The van der Waals surface area contributed by atoms with Crippen LogP contribution in [0.4, 0.5) is 0 Å². The van der Waals surface area contributed by atoms with Crippen molar-refractivity contribution in [2.45, 2.75) is 31.6 Å². The summed E-state index contributed by atoms with van der Waals surface area (Å²) in [5.74, 6) is -3.16. The maximum atomic E-state index is 12.8. The second-order valence-electron chi connectivity index (χ2n) is 6.75. The van der Waals surface area contributed by atoms with E-state index in [9.17, 15) is 14.7 Å². The van der Waals surface area contributed by atoms with E-state index in [4.69, 9.17) is 4.74 Å². The Morgan fingerprint density at radius 3 is 1.77 bits per heavy atom. The Labute approximate surface area is 153 Å². The zero-order valence-corrected chi connectivity index (χ0v) is 14.9. The van der Waals surface area contributed by atoms with E-state index in [0.717, 1.165) is 24.0 Å². The van der Waals surface area contributed by atoms with Gasteiger partial charge in [-0.05, 0) is 42.7 Å². The van der Waals surface area contributed by atoms with Gasteiger partial charge in [-0.1, -0.05) is 60.7 Å². The molecule has 1 fully saturated rings. The molecule has 0 unspecified atom stereocenters. The summed E-state index contributed by atoms with van der Waals surface area (Å²) in [6, 6.07) is 19.4. The molecular weight excluding hydrogens is 328 g/mol. The Balaban J connectivity index is 2.03. The largest absolute Gasteiger partial charge is 0.481 e. The van der Waals surface area contributed by atoms with Crippen LogP contribution >= 0.6 is 0 Å². The molecule has 26 heavy (non-hydrogen) atoms. The van der Waals surface area contributed by atoms with Crippen molar-refractivity contribution < 1.29 is 19.4 Å². The Hall–Kier alpha value is -2.62. The fourth-order valence-electron chi connectivity index (χ4n) is 4.24. The molecule has 2 aromatic carbocycles. The topological polar surface area (TPSA) is 63.6 Å². The molecule has 1 N–H and O–H groups in total. The average Bonchev–Trinajstić information content (AvgIpc) is 2.68. The number of hydrogen-bond donors (Lipinski definition) is 1. The predicted molar refractivity (Wildman–Crippen MR) is 98.8 cm³/mol. The number of carboxylic acid groups (broad SMARTS) is 1. The number of carbonyl (C=O) groups excluding carboxylic acids is 1. The lowest BCUT2D eigenvalue weighted by Crippen LogP contribution is -2.42. The number of carboxylic acids is 1. The van der Waals surface area contributed by atoms with Gasteiger partial charge in [0.2, 0.25) is 0 Å². The minimum Gasteiger partial charge on any atom is -0.481 e. The van der Waals surface area contributed by atoms with Crippen molar-refractivity contribution in [1.29, 1.82) is 0 Å². The van der Waals surface area contributed by atoms with E-state index in [0.29, 0.717) is 0 Å². The van der Waals surface area contributed by atoms with E-state index in [1.165, 1.54) is 0 Å². The molecule has 0 heterocycles. The monoisotopic (exact) mass is 352 g/mol. The van der Waals surface area contributed by atoms with Crippen molar-refractivity contribution >= 4 is 11.9 Å². The summed E-state index contributed by atoms with van der Waals surface area (Å²) >= 11 is 0. The maximum Gasteiger partial charge on any atom is 0.310 e. The van der Waals surface area contributed by atoms with Crippen LogP contribution < -0.4 is 0 Å². The minimum absolute atomic E-state index is 0.142. The van der Waals surface area contributed by atoms with Gasteiger partial charge in [-0.15, -0.1) is 0 Å². The highest BCUT2D eigenvalue weighted by atomic mass is 16.5. The molecule has 4 nitrogen and oxygen atoms in total. The van der Waals surface area contributed by atoms with Gasteiger partial charge in [0.05, 0.1) is 18.4 Å². The van der Waals surface area contributed by atoms with E-state index in [1.54, 1.807) is 6.92 Å². The summed E-state index contributed by atoms with van der Waals surface area (Å²) in [5, 5.41) is 10.0. The summed E-state index contributed by atoms with van der Waals surface area (Å²) < 4.78 is 5.30. The lowest BCUT2D eigenvalue weighted by molar-refractivity contribution is -0.161. The van der Waals surface area contributed by atoms with Gasteiger partial charge in [0.15, 0.2) is 0 Å². The van der Waals surface area contributed by atoms with Gasteiger partial charge in [-0.3, -0.25) is 9.59 Å². The SMILES string of the molecule is CCOC(=O)[C@H]1[C@@H](C(=O)O)[C@@H](c2ccccc2)CC[C@H]1c1ccccc1. The van der Waals surface area contributed by atoms with Crippen LogP contribution in [-0.4, -0.2) is 23.7 Å². The quantitative estimate of drug-likeness (QED) is 0.818. The number of hydrogen-bond acceptors (Lipinski definition) is 3. The zero-order chi connectivity index (χ0) is 18.5. The molecule has 0 aromatic heterocycles. The highest BCUT2D eigenvalue weighted by Gasteiger charge is 2.48.